The van der Waals surface area contributed by atoms with Crippen molar-refractivity contribution < 1.29 is 4.79 Å². The molecule has 0 bridgehead atoms. The number of hydrogen-bond acceptors (Lipinski definition) is 3. The maximum Gasteiger partial charge on any atom is 0.163 e. The van der Waals surface area contributed by atoms with E-state index in [4.69, 9.17) is 0 Å². The number of benzene rings is 1. The summed E-state index contributed by atoms with van der Waals surface area (Å²) in [5.74, 6) is 0.664. The summed E-state index contributed by atoms with van der Waals surface area (Å²) in [6, 6.07) is 13.6. The van der Waals surface area contributed by atoms with E-state index in [1.54, 1.807) is 25.3 Å². The average molecular weight is 226 g/mol. The minimum absolute atomic E-state index is 0.0219. The highest BCUT2D eigenvalue weighted by molar-refractivity contribution is 5.98. The molecule has 1 aromatic carbocycles. The predicted octanol–water partition coefficient (Wildman–Crippen LogP) is 2.90. The Bertz CT molecular complexity index is 509. The summed E-state index contributed by atoms with van der Waals surface area (Å²) in [6.45, 7) is 2.21. The van der Waals surface area contributed by atoms with E-state index in [1.807, 2.05) is 30.3 Å². The molecule has 0 spiro atoms. The quantitative estimate of drug-likeness (QED) is 0.815. The zero-order valence-electron chi connectivity index (χ0n) is 9.68. The molecule has 0 aliphatic rings. The first-order chi connectivity index (χ1) is 8.27. The Balaban J connectivity index is 2.12. The molecule has 0 aliphatic heterocycles. The molecular formula is C14H14N2O. The average Bonchev–Trinajstić information content (AvgIpc) is 2.38. The number of nitrogens with one attached hydrogen (secondary N) is 1. The summed E-state index contributed by atoms with van der Waals surface area (Å²) < 4.78 is 0. The topological polar surface area (TPSA) is 42.0 Å². The van der Waals surface area contributed by atoms with Crippen molar-refractivity contribution in [2.75, 3.05) is 5.32 Å². The molecule has 0 atom stereocenters. The smallest absolute Gasteiger partial charge is 0.163 e. The number of pyridine rings is 1. The number of nitrogens with zero attached hydrogens (tertiary/aromatic N) is 1. The van der Waals surface area contributed by atoms with Crippen molar-refractivity contribution in [3.63, 3.8) is 0 Å². The Hall–Kier alpha value is -2.16. The van der Waals surface area contributed by atoms with Crippen molar-refractivity contribution in [3.8, 4) is 0 Å². The molecule has 0 aliphatic carbocycles. The van der Waals surface area contributed by atoms with Crippen molar-refractivity contribution in [2.45, 2.75) is 13.5 Å². The van der Waals surface area contributed by atoms with E-state index in [-0.39, 0.29) is 5.78 Å². The van der Waals surface area contributed by atoms with Gasteiger partial charge in [-0.25, -0.2) is 4.98 Å². The van der Waals surface area contributed by atoms with Gasteiger partial charge in [0.05, 0.1) is 5.56 Å². The number of carbonyl (C=O) groups excluding carboxylic acids is 1. The van der Waals surface area contributed by atoms with Gasteiger partial charge in [0.1, 0.15) is 5.82 Å². The first kappa shape index (κ1) is 11.3. The van der Waals surface area contributed by atoms with Crippen molar-refractivity contribution in [2.24, 2.45) is 0 Å². The third kappa shape index (κ3) is 2.91. The number of Topliss-reactive ketones (excluding diaryl/α,β-unsaturated/α-hetero) is 1. The lowest BCUT2D eigenvalue weighted by Gasteiger charge is -2.08. The van der Waals surface area contributed by atoms with Crippen molar-refractivity contribution in [1.29, 1.82) is 0 Å². The number of ketones is 1. The molecule has 86 valence electrons. The lowest BCUT2D eigenvalue weighted by Crippen LogP contribution is -2.06. The van der Waals surface area contributed by atoms with Gasteiger partial charge in [0.15, 0.2) is 5.78 Å². The van der Waals surface area contributed by atoms with E-state index in [0.717, 1.165) is 5.56 Å². The molecule has 3 nitrogen and oxygen atoms in total. The van der Waals surface area contributed by atoms with Crippen LogP contribution < -0.4 is 5.32 Å². The molecule has 0 radical (unpaired) electrons. The van der Waals surface area contributed by atoms with Crippen LogP contribution in [-0.2, 0) is 6.54 Å². The molecule has 0 saturated heterocycles. The van der Waals surface area contributed by atoms with Crippen molar-refractivity contribution >= 4 is 11.6 Å². The lowest BCUT2D eigenvalue weighted by atomic mass is 10.2. The van der Waals surface area contributed by atoms with Gasteiger partial charge in [-0.2, -0.15) is 0 Å². The standard InChI is InChI=1S/C14H14N2O/c1-11(17)13-8-5-9-15-14(13)16-10-12-6-3-2-4-7-12/h2-9H,10H2,1H3,(H,15,16). The van der Waals surface area contributed by atoms with Crippen LogP contribution in [0.4, 0.5) is 5.82 Å². The highest BCUT2D eigenvalue weighted by Gasteiger charge is 2.06. The van der Waals surface area contributed by atoms with Crippen LogP contribution >= 0.6 is 0 Å². The van der Waals surface area contributed by atoms with Gasteiger partial charge in [-0.3, -0.25) is 4.79 Å². The van der Waals surface area contributed by atoms with Crippen LogP contribution in [0.1, 0.15) is 22.8 Å². The van der Waals surface area contributed by atoms with E-state index in [9.17, 15) is 4.79 Å². The Labute approximate surface area is 101 Å². The Kier molecular flexibility index (Phi) is 3.50. The van der Waals surface area contributed by atoms with E-state index >= 15 is 0 Å². The summed E-state index contributed by atoms with van der Waals surface area (Å²) in [7, 11) is 0. The van der Waals surface area contributed by atoms with E-state index in [2.05, 4.69) is 10.3 Å². The maximum atomic E-state index is 11.4. The fraction of sp³-hybridized carbons (Fsp3) is 0.143. The third-order valence-electron chi connectivity index (χ3n) is 2.49. The summed E-state index contributed by atoms with van der Waals surface area (Å²) in [5.41, 5.74) is 1.79. The number of rotatable bonds is 4. The van der Waals surface area contributed by atoms with Gasteiger partial charge in [-0.05, 0) is 24.6 Å². The SMILES string of the molecule is CC(=O)c1cccnc1NCc1ccccc1. The molecule has 0 fully saturated rings. The summed E-state index contributed by atoms with van der Waals surface area (Å²) in [5, 5.41) is 3.18. The first-order valence-electron chi connectivity index (χ1n) is 5.51. The fourth-order valence-electron chi connectivity index (χ4n) is 1.61. The van der Waals surface area contributed by atoms with E-state index in [1.165, 1.54) is 0 Å². The second-order valence-corrected chi connectivity index (χ2v) is 3.79. The van der Waals surface area contributed by atoms with Gasteiger partial charge in [-0.1, -0.05) is 30.3 Å². The number of anilines is 1. The summed E-state index contributed by atoms with van der Waals surface area (Å²) >= 11 is 0. The van der Waals surface area contributed by atoms with Crippen LogP contribution in [0.5, 0.6) is 0 Å². The van der Waals surface area contributed by atoms with Crippen LogP contribution in [0.2, 0.25) is 0 Å². The molecular weight excluding hydrogens is 212 g/mol. The minimum atomic E-state index is 0.0219. The van der Waals surface area contributed by atoms with E-state index in [0.29, 0.717) is 17.9 Å². The lowest BCUT2D eigenvalue weighted by molar-refractivity contribution is 0.101. The Morgan fingerprint density at radius 1 is 1.18 bits per heavy atom. The van der Waals surface area contributed by atoms with E-state index < -0.39 is 0 Å². The second kappa shape index (κ2) is 5.25. The molecule has 0 saturated carbocycles. The van der Waals surface area contributed by atoms with Crippen molar-refractivity contribution in [3.05, 3.63) is 59.8 Å². The minimum Gasteiger partial charge on any atom is -0.365 e. The van der Waals surface area contributed by atoms with Crippen LogP contribution in [0.3, 0.4) is 0 Å². The van der Waals surface area contributed by atoms with Gasteiger partial charge in [0.2, 0.25) is 0 Å². The van der Waals surface area contributed by atoms with Crippen LogP contribution in [0.15, 0.2) is 48.7 Å². The highest BCUT2D eigenvalue weighted by atomic mass is 16.1. The highest BCUT2D eigenvalue weighted by Crippen LogP contribution is 2.13. The van der Waals surface area contributed by atoms with Gasteiger partial charge in [0, 0.05) is 12.7 Å². The maximum absolute atomic E-state index is 11.4. The molecule has 0 unspecified atom stereocenters. The summed E-state index contributed by atoms with van der Waals surface area (Å²) in [4.78, 5) is 15.6. The molecule has 2 rings (SSSR count). The van der Waals surface area contributed by atoms with Crippen molar-refractivity contribution in [1.82, 2.24) is 4.98 Å². The molecule has 0 amide bonds. The zero-order chi connectivity index (χ0) is 12.1. The molecule has 17 heavy (non-hydrogen) atoms. The number of hydrogen-bond donors (Lipinski definition) is 1. The van der Waals surface area contributed by atoms with Gasteiger partial charge in [0.25, 0.3) is 0 Å². The Morgan fingerprint density at radius 2 is 1.94 bits per heavy atom. The monoisotopic (exact) mass is 226 g/mol. The Morgan fingerprint density at radius 3 is 2.65 bits per heavy atom. The molecule has 2 aromatic rings. The normalized spacial score (nSPS) is 9.94. The molecule has 1 N–H and O–H groups in total. The van der Waals surface area contributed by atoms with Crippen LogP contribution in [0, 0.1) is 0 Å². The summed E-state index contributed by atoms with van der Waals surface area (Å²) in [6.07, 6.45) is 1.68. The van der Waals surface area contributed by atoms with Crippen LogP contribution in [-0.4, -0.2) is 10.8 Å². The first-order valence-corrected chi connectivity index (χ1v) is 5.51. The van der Waals surface area contributed by atoms with Gasteiger partial charge >= 0.3 is 0 Å². The predicted molar refractivity (Wildman–Crippen MR) is 68.0 cm³/mol. The second-order valence-electron chi connectivity index (χ2n) is 3.79. The molecule has 3 heteroatoms. The molecule has 1 heterocycles. The zero-order valence-corrected chi connectivity index (χ0v) is 9.68. The van der Waals surface area contributed by atoms with Gasteiger partial charge in [-0.15, -0.1) is 0 Å². The fourth-order valence-corrected chi connectivity index (χ4v) is 1.61. The van der Waals surface area contributed by atoms with Crippen LogP contribution in [0.25, 0.3) is 0 Å². The third-order valence-corrected chi connectivity index (χ3v) is 2.49. The largest absolute Gasteiger partial charge is 0.365 e. The number of carbonyl (C=O) groups is 1. The number of aromatic nitrogens is 1. The molecule has 1 aromatic heterocycles. The van der Waals surface area contributed by atoms with Gasteiger partial charge < -0.3 is 5.32 Å².